The summed E-state index contributed by atoms with van der Waals surface area (Å²) in [4.78, 5) is 16.8. The lowest BCUT2D eigenvalue weighted by Crippen LogP contribution is -2.13. The predicted molar refractivity (Wildman–Crippen MR) is 121 cm³/mol. The van der Waals surface area contributed by atoms with E-state index >= 15 is 0 Å². The number of amides is 1. The minimum absolute atomic E-state index is 0.218. The van der Waals surface area contributed by atoms with Crippen LogP contribution in [0.25, 0.3) is 0 Å². The van der Waals surface area contributed by atoms with Gasteiger partial charge in [-0.2, -0.15) is 0 Å². The number of nitrogens with zero attached hydrogens (tertiary/aromatic N) is 1. The molecule has 4 rings (SSSR count). The number of carbonyl (C=O) groups excluding carboxylic acids is 1. The Morgan fingerprint density at radius 2 is 1.42 bits per heavy atom. The lowest BCUT2D eigenvalue weighted by Gasteiger charge is -2.19. The molecule has 1 aromatic heterocycles. The molecule has 154 valence electrons. The lowest BCUT2D eigenvalue weighted by atomic mass is 10.0. The van der Waals surface area contributed by atoms with Crippen molar-refractivity contribution in [3.8, 4) is 11.6 Å². The number of hydrogen-bond acceptors (Lipinski definition) is 4. The van der Waals surface area contributed by atoms with Gasteiger partial charge in [-0.3, -0.25) is 4.79 Å². The summed E-state index contributed by atoms with van der Waals surface area (Å²) in [5, 5.41) is 2.84. The Morgan fingerprint density at radius 1 is 0.806 bits per heavy atom. The van der Waals surface area contributed by atoms with E-state index in [-0.39, 0.29) is 12.0 Å². The SMILES string of the molecule is COc1ccc(C(=O)Nc2ccc(OC(c3ccccc3)c3ccccc3)nc2)cc1. The highest BCUT2D eigenvalue weighted by Crippen LogP contribution is 2.27. The van der Waals surface area contributed by atoms with E-state index in [2.05, 4.69) is 10.3 Å². The molecular formula is C26H22N2O3. The fraction of sp³-hybridized carbons (Fsp3) is 0.0769. The molecule has 0 aliphatic rings. The number of nitrogens with one attached hydrogen (secondary N) is 1. The Bertz CT molecular complexity index is 1070. The molecule has 3 aromatic carbocycles. The van der Waals surface area contributed by atoms with E-state index in [1.807, 2.05) is 60.7 Å². The quantitative estimate of drug-likeness (QED) is 0.436. The molecule has 0 saturated heterocycles. The van der Waals surface area contributed by atoms with Crippen LogP contribution in [0.3, 0.4) is 0 Å². The van der Waals surface area contributed by atoms with Crippen molar-refractivity contribution in [2.24, 2.45) is 0 Å². The number of methoxy groups -OCH3 is 1. The summed E-state index contributed by atoms with van der Waals surface area (Å²) >= 11 is 0. The smallest absolute Gasteiger partial charge is 0.255 e. The summed E-state index contributed by atoms with van der Waals surface area (Å²) in [6, 6.07) is 30.5. The number of pyridine rings is 1. The second kappa shape index (κ2) is 9.59. The molecule has 1 amide bonds. The number of aromatic nitrogens is 1. The molecule has 1 heterocycles. The Labute approximate surface area is 181 Å². The third-order valence-corrected chi connectivity index (χ3v) is 4.79. The highest BCUT2D eigenvalue weighted by Gasteiger charge is 2.16. The van der Waals surface area contributed by atoms with Gasteiger partial charge in [0.05, 0.1) is 19.0 Å². The van der Waals surface area contributed by atoms with Crippen LogP contribution in [0.4, 0.5) is 5.69 Å². The number of ether oxygens (including phenoxy) is 2. The van der Waals surface area contributed by atoms with Gasteiger partial charge >= 0.3 is 0 Å². The number of hydrogen-bond donors (Lipinski definition) is 1. The van der Waals surface area contributed by atoms with Crippen molar-refractivity contribution in [1.82, 2.24) is 4.98 Å². The van der Waals surface area contributed by atoms with Gasteiger partial charge in [0.15, 0.2) is 6.10 Å². The first-order valence-electron chi connectivity index (χ1n) is 9.91. The van der Waals surface area contributed by atoms with E-state index in [0.29, 0.717) is 22.9 Å². The van der Waals surface area contributed by atoms with Crippen LogP contribution >= 0.6 is 0 Å². The maximum atomic E-state index is 12.4. The lowest BCUT2D eigenvalue weighted by molar-refractivity contribution is 0.102. The van der Waals surface area contributed by atoms with E-state index in [9.17, 15) is 4.79 Å². The van der Waals surface area contributed by atoms with Crippen LogP contribution in [0.5, 0.6) is 11.6 Å². The predicted octanol–water partition coefficient (Wildman–Crippen LogP) is 5.51. The van der Waals surface area contributed by atoms with Gasteiger partial charge in [0.2, 0.25) is 5.88 Å². The zero-order chi connectivity index (χ0) is 21.5. The van der Waals surface area contributed by atoms with Crippen LogP contribution in [-0.2, 0) is 0 Å². The highest BCUT2D eigenvalue weighted by atomic mass is 16.5. The molecule has 0 fully saturated rings. The van der Waals surface area contributed by atoms with E-state index in [0.717, 1.165) is 11.1 Å². The summed E-state index contributed by atoms with van der Waals surface area (Å²) in [5.74, 6) is 0.954. The first kappa shape index (κ1) is 20.2. The summed E-state index contributed by atoms with van der Waals surface area (Å²) < 4.78 is 11.3. The standard InChI is InChI=1S/C26H22N2O3/c1-30-23-15-12-21(13-16-23)26(29)28-22-14-17-24(27-18-22)31-25(19-8-4-2-5-9-19)20-10-6-3-7-11-20/h2-18,25H,1H3,(H,28,29). The Kier molecular flexibility index (Phi) is 6.24. The molecule has 0 atom stereocenters. The second-order valence-electron chi connectivity index (χ2n) is 6.89. The Morgan fingerprint density at radius 3 is 1.94 bits per heavy atom. The molecule has 0 spiro atoms. The van der Waals surface area contributed by atoms with Crippen LogP contribution in [0.2, 0.25) is 0 Å². The van der Waals surface area contributed by atoms with Gasteiger partial charge in [-0.15, -0.1) is 0 Å². The van der Waals surface area contributed by atoms with Gasteiger partial charge in [0, 0.05) is 11.6 Å². The van der Waals surface area contributed by atoms with Crippen LogP contribution in [0.1, 0.15) is 27.6 Å². The third kappa shape index (κ3) is 5.08. The Balaban J connectivity index is 1.48. The third-order valence-electron chi connectivity index (χ3n) is 4.79. The highest BCUT2D eigenvalue weighted by molar-refractivity contribution is 6.04. The fourth-order valence-corrected chi connectivity index (χ4v) is 3.17. The molecular weight excluding hydrogens is 388 g/mol. The topological polar surface area (TPSA) is 60.5 Å². The summed E-state index contributed by atoms with van der Waals surface area (Å²) in [5.41, 5.74) is 3.19. The van der Waals surface area contributed by atoms with E-state index in [4.69, 9.17) is 9.47 Å². The van der Waals surface area contributed by atoms with Crippen molar-refractivity contribution in [2.75, 3.05) is 12.4 Å². The van der Waals surface area contributed by atoms with Crippen molar-refractivity contribution in [3.05, 3.63) is 120 Å². The van der Waals surface area contributed by atoms with Gasteiger partial charge in [-0.1, -0.05) is 60.7 Å². The monoisotopic (exact) mass is 410 g/mol. The van der Waals surface area contributed by atoms with Gasteiger partial charge < -0.3 is 14.8 Å². The molecule has 0 unspecified atom stereocenters. The van der Waals surface area contributed by atoms with Gasteiger partial charge in [0.1, 0.15) is 5.75 Å². The number of benzene rings is 3. The van der Waals surface area contributed by atoms with Gasteiger partial charge in [-0.05, 0) is 41.5 Å². The maximum Gasteiger partial charge on any atom is 0.255 e. The normalized spacial score (nSPS) is 10.5. The molecule has 5 heteroatoms. The van der Waals surface area contributed by atoms with Gasteiger partial charge in [-0.25, -0.2) is 4.98 Å². The average molecular weight is 410 g/mol. The van der Waals surface area contributed by atoms with Crippen molar-refractivity contribution in [2.45, 2.75) is 6.10 Å². The maximum absolute atomic E-state index is 12.4. The zero-order valence-electron chi connectivity index (χ0n) is 17.1. The summed E-state index contributed by atoms with van der Waals surface area (Å²) in [7, 11) is 1.59. The number of carbonyl (C=O) groups is 1. The van der Waals surface area contributed by atoms with Crippen molar-refractivity contribution in [1.29, 1.82) is 0 Å². The first-order chi connectivity index (χ1) is 15.2. The average Bonchev–Trinajstić information content (AvgIpc) is 2.84. The zero-order valence-corrected chi connectivity index (χ0v) is 17.1. The molecule has 0 radical (unpaired) electrons. The van der Waals surface area contributed by atoms with E-state index in [1.54, 1.807) is 49.7 Å². The number of rotatable bonds is 7. The molecule has 0 bridgehead atoms. The molecule has 0 saturated carbocycles. The molecule has 0 aliphatic heterocycles. The van der Waals surface area contributed by atoms with E-state index < -0.39 is 0 Å². The molecule has 31 heavy (non-hydrogen) atoms. The first-order valence-corrected chi connectivity index (χ1v) is 9.91. The van der Waals surface area contributed by atoms with E-state index in [1.165, 1.54) is 0 Å². The van der Waals surface area contributed by atoms with Crippen LogP contribution in [0, 0.1) is 0 Å². The molecule has 1 N–H and O–H groups in total. The fourth-order valence-electron chi connectivity index (χ4n) is 3.17. The van der Waals surface area contributed by atoms with Crippen LogP contribution in [-0.4, -0.2) is 18.0 Å². The van der Waals surface area contributed by atoms with Gasteiger partial charge in [0.25, 0.3) is 5.91 Å². The minimum atomic E-state index is -0.283. The summed E-state index contributed by atoms with van der Waals surface area (Å²) in [6.45, 7) is 0. The van der Waals surface area contributed by atoms with Crippen molar-refractivity contribution >= 4 is 11.6 Å². The van der Waals surface area contributed by atoms with Crippen LogP contribution in [0.15, 0.2) is 103 Å². The minimum Gasteiger partial charge on any atom is -0.497 e. The number of anilines is 1. The Hall–Kier alpha value is -4.12. The second-order valence-corrected chi connectivity index (χ2v) is 6.89. The molecule has 5 nitrogen and oxygen atoms in total. The van der Waals surface area contributed by atoms with Crippen molar-refractivity contribution in [3.63, 3.8) is 0 Å². The molecule has 0 aliphatic carbocycles. The van der Waals surface area contributed by atoms with Crippen LogP contribution < -0.4 is 14.8 Å². The summed E-state index contributed by atoms with van der Waals surface area (Å²) in [6.07, 6.45) is 1.30. The largest absolute Gasteiger partial charge is 0.497 e. The molecule has 4 aromatic rings. The van der Waals surface area contributed by atoms with Crippen molar-refractivity contribution < 1.29 is 14.3 Å².